The van der Waals surface area contributed by atoms with Crippen molar-refractivity contribution in [3.63, 3.8) is 0 Å². The number of hydrogen-bond donors (Lipinski definition) is 2. The van der Waals surface area contributed by atoms with E-state index in [0.29, 0.717) is 11.1 Å². The number of amides is 2. The fourth-order valence-corrected chi connectivity index (χ4v) is 3.17. The summed E-state index contributed by atoms with van der Waals surface area (Å²) in [4.78, 5) is 49.2. The highest BCUT2D eigenvalue weighted by atomic mass is 16.4. The maximum Gasteiger partial charge on any atom is 0.326 e. The molecule has 0 fully saturated rings. The number of ketones is 1. The van der Waals surface area contributed by atoms with Crippen LogP contribution in [0.4, 0.5) is 0 Å². The molecule has 1 aromatic rings. The molecule has 0 aliphatic carbocycles. The summed E-state index contributed by atoms with van der Waals surface area (Å²) in [6.45, 7) is 11.3. The van der Waals surface area contributed by atoms with Gasteiger partial charge in [-0.25, -0.2) is 4.79 Å². The zero-order valence-electron chi connectivity index (χ0n) is 16.8. The van der Waals surface area contributed by atoms with E-state index >= 15 is 0 Å². The van der Waals surface area contributed by atoms with E-state index in [1.54, 1.807) is 13.8 Å². The van der Waals surface area contributed by atoms with Crippen molar-refractivity contribution < 1.29 is 24.3 Å². The second-order valence-electron chi connectivity index (χ2n) is 6.73. The number of fused-ring (bicyclic) bond motifs is 1. The van der Waals surface area contributed by atoms with Crippen LogP contribution in [0, 0.1) is 27.7 Å². The number of nitrogens with zero attached hydrogens (tertiary/aromatic N) is 1. The van der Waals surface area contributed by atoms with E-state index in [1.807, 2.05) is 20.8 Å². The van der Waals surface area contributed by atoms with Gasteiger partial charge >= 0.3 is 5.97 Å². The van der Waals surface area contributed by atoms with Gasteiger partial charge in [0, 0.05) is 6.42 Å². The van der Waals surface area contributed by atoms with Gasteiger partial charge in [-0.3, -0.25) is 14.5 Å². The van der Waals surface area contributed by atoms with Crippen LogP contribution < -0.4 is 5.73 Å². The lowest BCUT2D eigenvalue weighted by molar-refractivity contribution is -0.141. The van der Waals surface area contributed by atoms with Crippen molar-refractivity contribution in [2.24, 2.45) is 5.73 Å². The van der Waals surface area contributed by atoms with Crippen LogP contribution >= 0.6 is 0 Å². The summed E-state index contributed by atoms with van der Waals surface area (Å²) in [6.07, 6.45) is -0.0768. The minimum atomic E-state index is -1.33. The van der Waals surface area contributed by atoms with Crippen LogP contribution in [-0.4, -0.2) is 46.2 Å². The standard InChI is InChI=1S/C18H21NO5.C2H7N/c1-8(20)6-7-13(18(23)24)19-16(21)14-11(4)9(2)10(3)12(5)15(14)17(19)22;1-2-3/h13H,6-7H2,1-5H3,(H,23,24);2-3H2,1H3. The van der Waals surface area contributed by atoms with E-state index in [9.17, 15) is 24.3 Å². The quantitative estimate of drug-likeness (QED) is 0.761. The molecule has 2 amide bonds. The predicted molar refractivity (Wildman–Crippen MR) is 102 cm³/mol. The van der Waals surface area contributed by atoms with Gasteiger partial charge < -0.3 is 15.6 Å². The molecule has 0 bridgehead atoms. The van der Waals surface area contributed by atoms with Crippen LogP contribution in [0.3, 0.4) is 0 Å². The van der Waals surface area contributed by atoms with Crippen molar-refractivity contribution in [2.75, 3.05) is 6.54 Å². The summed E-state index contributed by atoms with van der Waals surface area (Å²) in [7, 11) is 0. The lowest BCUT2D eigenvalue weighted by atomic mass is 9.90. The largest absolute Gasteiger partial charge is 0.480 e. The monoisotopic (exact) mass is 376 g/mol. The second-order valence-corrected chi connectivity index (χ2v) is 6.73. The molecular weight excluding hydrogens is 348 g/mol. The molecule has 1 aliphatic rings. The molecule has 0 spiro atoms. The summed E-state index contributed by atoms with van der Waals surface area (Å²) in [5, 5.41) is 9.45. The smallest absolute Gasteiger partial charge is 0.326 e. The van der Waals surface area contributed by atoms with Gasteiger partial charge in [-0.2, -0.15) is 0 Å². The lowest BCUT2D eigenvalue weighted by Crippen LogP contribution is -2.45. The first-order valence-electron chi connectivity index (χ1n) is 8.91. The Morgan fingerprint density at radius 3 is 1.63 bits per heavy atom. The number of aliphatic carboxylic acids is 1. The minimum absolute atomic E-state index is 0.000389. The topological polar surface area (TPSA) is 118 Å². The number of hydrogen-bond acceptors (Lipinski definition) is 5. The molecule has 2 rings (SSSR count). The molecule has 27 heavy (non-hydrogen) atoms. The van der Waals surface area contributed by atoms with Gasteiger partial charge in [0.2, 0.25) is 0 Å². The van der Waals surface area contributed by atoms with Crippen LogP contribution in [0.25, 0.3) is 0 Å². The molecule has 7 nitrogen and oxygen atoms in total. The second kappa shape index (κ2) is 8.90. The van der Waals surface area contributed by atoms with Crippen molar-refractivity contribution in [3.8, 4) is 0 Å². The Kier molecular flexibility index (Phi) is 7.42. The number of Topliss-reactive ketones (excluding diaryl/α,β-unsaturated/α-hetero) is 1. The maximum atomic E-state index is 12.8. The molecule has 0 aromatic heterocycles. The SMILES string of the molecule is CC(=O)CCC(C(=O)O)N1C(=O)c2c(C)c(C)c(C)c(C)c2C1=O.CCN. The molecule has 1 atom stereocenters. The molecule has 0 saturated carbocycles. The lowest BCUT2D eigenvalue weighted by Gasteiger charge is -2.22. The van der Waals surface area contributed by atoms with Crippen LogP contribution in [0.2, 0.25) is 0 Å². The summed E-state index contributed by atoms with van der Waals surface area (Å²) in [6, 6.07) is -1.33. The van der Waals surface area contributed by atoms with Gasteiger partial charge in [-0.15, -0.1) is 0 Å². The summed E-state index contributed by atoms with van der Waals surface area (Å²) < 4.78 is 0. The van der Waals surface area contributed by atoms with Crippen LogP contribution in [0.15, 0.2) is 0 Å². The Labute approximate surface area is 159 Å². The highest BCUT2D eigenvalue weighted by Gasteiger charge is 2.45. The Morgan fingerprint density at radius 2 is 1.33 bits per heavy atom. The van der Waals surface area contributed by atoms with Crippen molar-refractivity contribution in [1.82, 2.24) is 4.90 Å². The minimum Gasteiger partial charge on any atom is -0.480 e. The van der Waals surface area contributed by atoms with Crippen molar-refractivity contribution in [2.45, 2.75) is 60.4 Å². The highest BCUT2D eigenvalue weighted by molar-refractivity contribution is 6.24. The van der Waals surface area contributed by atoms with Gasteiger partial charge in [-0.05, 0) is 69.8 Å². The number of nitrogens with two attached hydrogens (primary N) is 1. The van der Waals surface area contributed by atoms with Crippen LogP contribution in [-0.2, 0) is 9.59 Å². The van der Waals surface area contributed by atoms with Crippen molar-refractivity contribution >= 4 is 23.6 Å². The number of carbonyl (C=O) groups is 4. The molecule has 0 radical (unpaired) electrons. The molecule has 1 aromatic carbocycles. The molecular formula is C20H28N2O5. The van der Waals surface area contributed by atoms with E-state index in [0.717, 1.165) is 22.6 Å². The Bertz CT molecular complexity index is 751. The van der Waals surface area contributed by atoms with Crippen LogP contribution in [0.1, 0.15) is 69.7 Å². The zero-order valence-corrected chi connectivity index (χ0v) is 16.8. The fraction of sp³-hybridized carbons (Fsp3) is 0.500. The number of carboxylic acid groups (broad SMARTS) is 1. The van der Waals surface area contributed by atoms with Gasteiger partial charge in [0.1, 0.15) is 11.8 Å². The maximum absolute atomic E-state index is 12.8. The summed E-state index contributed by atoms with van der Waals surface area (Å²) in [5.41, 5.74) is 8.66. The molecule has 148 valence electrons. The summed E-state index contributed by atoms with van der Waals surface area (Å²) in [5.74, 6) is -2.64. The van der Waals surface area contributed by atoms with Gasteiger partial charge in [0.05, 0.1) is 11.1 Å². The van der Waals surface area contributed by atoms with Crippen molar-refractivity contribution in [3.05, 3.63) is 33.4 Å². The number of carbonyl (C=O) groups excluding carboxylic acids is 3. The molecule has 1 heterocycles. The third-order valence-corrected chi connectivity index (χ3v) is 4.92. The normalized spacial score (nSPS) is 13.8. The van der Waals surface area contributed by atoms with Crippen LogP contribution in [0.5, 0.6) is 0 Å². The molecule has 3 N–H and O–H groups in total. The number of carboxylic acids is 1. The van der Waals surface area contributed by atoms with Gasteiger partial charge in [0.15, 0.2) is 0 Å². The number of rotatable bonds is 5. The van der Waals surface area contributed by atoms with E-state index in [2.05, 4.69) is 0 Å². The summed E-state index contributed by atoms with van der Waals surface area (Å²) >= 11 is 0. The third-order valence-electron chi connectivity index (χ3n) is 4.92. The average molecular weight is 376 g/mol. The van der Waals surface area contributed by atoms with Crippen molar-refractivity contribution in [1.29, 1.82) is 0 Å². The van der Waals surface area contributed by atoms with E-state index < -0.39 is 23.8 Å². The zero-order chi connectivity index (χ0) is 21.0. The van der Waals surface area contributed by atoms with E-state index in [1.165, 1.54) is 6.92 Å². The highest BCUT2D eigenvalue weighted by Crippen LogP contribution is 2.35. The molecule has 1 unspecified atom stereocenters. The predicted octanol–water partition coefficient (Wildman–Crippen LogP) is 2.30. The van der Waals surface area contributed by atoms with Gasteiger partial charge in [0.25, 0.3) is 11.8 Å². The molecule has 7 heteroatoms. The first-order valence-corrected chi connectivity index (χ1v) is 8.91. The van der Waals surface area contributed by atoms with E-state index in [-0.39, 0.29) is 29.8 Å². The third kappa shape index (κ3) is 4.24. The molecule has 1 aliphatic heterocycles. The fourth-order valence-electron chi connectivity index (χ4n) is 3.17. The Morgan fingerprint density at radius 1 is 0.963 bits per heavy atom. The number of benzene rings is 1. The molecule has 0 saturated heterocycles. The van der Waals surface area contributed by atoms with Gasteiger partial charge in [-0.1, -0.05) is 6.92 Å². The first-order chi connectivity index (χ1) is 12.5. The Balaban J connectivity index is 0.00000114. The average Bonchev–Trinajstić information content (AvgIpc) is 2.83. The Hall–Kier alpha value is -2.54. The van der Waals surface area contributed by atoms with E-state index in [4.69, 9.17) is 5.73 Å². The number of imide groups is 1. The first kappa shape index (κ1) is 22.5.